The molecule has 4 rings (SSSR count). The van der Waals surface area contributed by atoms with Gasteiger partial charge in [0.15, 0.2) is 12.4 Å². The number of aromatic nitrogens is 2. The fourth-order valence-electron chi connectivity index (χ4n) is 3.38. The van der Waals surface area contributed by atoms with Crippen molar-refractivity contribution in [3.05, 3.63) is 47.5 Å². The van der Waals surface area contributed by atoms with E-state index in [-0.39, 0.29) is 66.0 Å². The third-order valence-corrected chi connectivity index (χ3v) is 4.88. The van der Waals surface area contributed by atoms with Crippen LogP contribution in [0.3, 0.4) is 0 Å². The summed E-state index contributed by atoms with van der Waals surface area (Å²) in [5, 5.41) is 5.58. The maximum Gasteiger partial charge on any atom is 0.354 e. The summed E-state index contributed by atoms with van der Waals surface area (Å²) >= 11 is 0. The Kier molecular flexibility index (Phi) is 6.03. The molecule has 3 heterocycles. The number of ether oxygens (including phenoxy) is 2. The highest BCUT2D eigenvalue weighted by Gasteiger charge is 2.27. The minimum atomic E-state index is -0.700. The molecule has 1 aromatic carbocycles. The van der Waals surface area contributed by atoms with Crippen LogP contribution in [0.25, 0.3) is 11.1 Å². The number of anilines is 2. The summed E-state index contributed by atoms with van der Waals surface area (Å²) in [4.78, 5) is 45.3. The molecule has 0 saturated carbocycles. The maximum absolute atomic E-state index is 12.6. The average Bonchev–Trinajstić information content (AvgIpc) is 3.15. The van der Waals surface area contributed by atoms with Crippen LogP contribution in [0.15, 0.2) is 39.9 Å². The molecule has 0 unspecified atom stereocenters. The van der Waals surface area contributed by atoms with Crippen LogP contribution >= 0.6 is 0 Å². The number of nitrogens with two attached hydrogens (primary N) is 1. The van der Waals surface area contributed by atoms with E-state index in [0.29, 0.717) is 11.4 Å². The number of fused-ring (bicyclic) bond motifs is 1. The van der Waals surface area contributed by atoms with Crippen molar-refractivity contribution in [1.82, 2.24) is 9.97 Å². The molecule has 0 bridgehead atoms. The van der Waals surface area contributed by atoms with Gasteiger partial charge in [0, 0.05) is 12.8 Å². The number of hydrogen-bond donors (Lipinski definition) is 1. The highest BCUT2D eigenvalue weighted by molar-refractivity contribution is 6.38. The summed E-state index contributed by atoms with van der Waals surface area (Å²) in [6, 6.07) is 8.79. The number of rotatable bonds is 6. The Morgan fingerprint density at radius 2 is 1.88 bits per heavy atom. The van der Waals surface area contributed by atoms with Gasteiger partial charge in [0.05, 0.1) is 17.7 Å². The topological polar surface area (TPSA) is 150 Å². The van der Waals surface area contributed by atoms with Crippen molar-refractivity contribution in [2.75, 3.05) is 17.3 Å². The highest BCUT2D eigenvalue weighted by Crippen LogP contribution is 2.29. The first-order chi connectivity index (χ1) is 15.9. The molecule has 0 atom stereocenters. The van der Waals surface area contributed by atoms with Gasteiger partial charge in [0.1, 0.15) is 22.9 Å². The molecule has 0 spiro atoms. The van der Waals surface area contributed by atoms with Gasteiger partial charge in [-0.15, -0.1) is 0 Å². The summed E-state index contributed by atoms with van der Waals surface area (Å²) in [5.41, 5.74) is 6.93. The molecule has 0 fully saturated rings. The Bertz CT molecular complexity index is 1270. The molecule has 1 aliphatic heterocycles. The van der Waals surface area contributed by atoms with Crippen LogP contribution in [0.2, 0.25) is 0 Å². The van der Waals surface area contributed by atoms with Gasteiger partial charge in [-0.3, -0.25) is 4.79 Å². The summed E-state index contributed by atoms with van der Waals surface area (Å²) < 4.78 is 15.9. The number of esters is 2. The standard InChI is InChI=1S/C22H21N5O6/c1-3-31-22(30)17-12(2)33-20-18(17)19(23)24-15(25-20)11-32-21(29)14-9-10-16(28)27(26-14)13-7-5-4-6-8-13/h4-8H,3,9-11H2,1-2H3,(H2,23,24,25). The van der Waals surface area contributed by atoms with E-state index in [2.05, 4.69) is 15.1 Å². The molecule has 0 saturated heterocycles. The van der Waals surface area contributed by atoms with Crippen molar-refractivity contribution in [2.45, 2.75) is 33.3 Å². The summed E-state index contributed by atoms with van der Waals surface area (Å²) in [5.74, 6) is -1.12. The number of amides is 1. The molecule has 3 aromatic rings. The summed E-state index contributed by atoms with van der Waals surface area (Å²) in [6.07, 6.45) is 0.282. The predicted octanol–water partition coefficient (Wildman–Crippen LogP) is 2.52. The zero-order valence-electron chi connectivity index (χ0n) is 18.0. The van der Waals surface area contributed by atoms with E-state index < -0.39 is 11.9 Å². The molecule has 0 aliphatic carbocycles. The minimum absolute atomic E-state index is 0.00167. The van der Waals surface area contributed by atoms with Crippen molar-refractivity contribution in [2.24, 2.45) is 5.10 Å². The number of nitrogen functional groups attached to an aromatic ring is 1. The van der Waals surface area contributed by atoms with Gasteiger partial charge >= 0.3 is 11.9 Å². The maximum atomic E-state index is 12.6. The molecule has 1 amide bonds. The lowest BCUT2D eigenvalue weighted by atomic mass is 10.1. The van der Waals surface area contributed by atoms with E-state index in [0.717, 1.165) is 0 Å². The lowest BCUT2D eigenvalue weighted by Crippen LogP contribution is -2.34. The highest BCUT2D eigenvalue weighted by atomic mass is 16.5. The van der Waals surface area contributed by atoms with Crippen molar-refractivity contribution < 1.29 is 28.3 Å². The largest absolute Gasteiger partial charge is 0.462 e. The van der Waals surface area contributed by atoms with Crippen LogP contribution in [0.4, 0.5) is 11.5 Å². The quantitative estimate of drug-likeness (QED) is 0.557. The molecule has 2 aromatic heterocycles. The number of hydrazone groups is 1. The number of aryl methyl sites for hydroxylation is 1. The lowest BCUT2D eigenvalue weighted by Gasteiger charge is -2.22. The second-order valence-electron chi connectivity index (χ2n) is 7.12. The zero-order valence-corrected chi connectivity index (χ0v) is 18.0. The number of carbonyl (C=O) groups excluding carboxylic acids is 3. The third kappa shape index (κ3) is 4.38. The van der Waals surface area contributed by atoms with Gasteiger partial charge < -0.3 is 19.6 Å². The monoisotopic (exact) mass is 451 g/mol. The van der Waals surface area contributed by atoms with E-state index >= 15 is 0 Å². The molecule has 11 nitrogen and oxygen atoms in total. The fourth-order valence-corrected chi connectivity index (χ4v) is 3.38. The van der Waals surface area contributed by atoms with Crippen LogP contribution in [0.1, 0.15) is 41.7 Å². The molecular formula is C22H21N5O6. The first-order valence-electron chi connectivity index (χ1n) is 10.2. The van der Waals surface area contributed by atoms with Gasteiger partial charge in [0.25, 0.3) is 0 Å². The van der Waals surface area contributed by atoms with E-state index in [9.17, 15) is 14.4 Å². The van der Waals surface area contributed by atoms with Crippen molar-refractivity contribution >= 4 is 46.2 Å². The minimum Gasteiger partial charge on any atom is -0.462 e. The normalized spacial score (nSPS) is 13.7. The van der Waals surface area contributed by atoms with Crippen LogP contribution in [-0.4, -0.2) is 40.1 Å². The van der Waals surface area contributed by atoms with Crippen LogP contribution in [-0.2, 0) is 25.7 Å². The number of benzene rings is 1. The molecular weight excluding hydrogens is 430 g/mol. The van der Waals surface area contributed by atoms with Crippen LogP contribution in [0.5, 0.6) is 0 Å². The molecule has 170 valence electrons. The van der Waals surface area contributed by atoms with Gasteiger partial charge in [-0.25, -0.2) is 19.6 Å². The first kappa shape index (κ1) is 21.9. The van der Waals surface area contributed by atoms with E-state index in [1.165, 1.54) is 5.01 Å². The van der Waals surface area contributed by atoms with Crippen LogP contribution < -0.4 is 10.7 Å². The number of para-hydroxylation sites is 1. The molecule has 2 N–H and O–H groups in total. The van der Waals surface area contributed by atoms with Crippen molar-refractivity contribution in [3.8, 4) is 0 Å². The third-order valence-electron chi connectivity index (χ3n) is 4.88. The molecule has 33 heavy (non-hydrogen) atoms. The smallest absolute Gasteiger partial charge is 0.354 e. The van der Waals surface area contributed by atoms with Crippen LogP contribution in [0, 0.1) is 6.92 Å². The Morgan fingerprint density at radius 3 is 2.61 bits per heavy atom. The zero-order chi connectivity index (χ0) is 23.5. The van der Waals surface area contributed by atoms with E-state index in [1.54, 1.807) is 38.1 Å². The van der Waals surface area contributed by atoms with Gasteiger partial charge in [0.2, 0.25) is 11.6 Å². The first-order valence-corrected chi connectivity index (χ1v) is 10.2. The average molecular weight is 451 g/mol. The second kappa shape index (κ2) is 9.07. The number of nitrogens with zero attached hydrogens (tertiary/aromatic N) is 4. The van der Waals surface area contributed by atoms with Crippen molar-refractivity contribution in [3.63, 3.8) is 0 Å². The number of hydrogen-bond acceptors (Lipinski definition) is 10. The SMILES string of the molecule is CCOC(=O)c1c(C)oc2nc(COC(=O)C3=NN(c4ccccc4)C(=O)CC3)nc(N)c12. The Balaban J connectivity index is 1.52. The Morgan fingerprint density at radius 1 is 1.12 bits per heavy atom. The Labute approximate surface area is 188 Å². The molecule has 1 aliphatic rings. The summed E-state index contributed by atoms with van der Waals surface area (Å²) in [6.45, 7) is 3.17. The van der Waals surface area contributed by atoms with Gasteiger partial charge in [-0.1, -0.05) is 18.2 Å². The van der Waals surface area contributed by atoms with E-state index in [4.69, 9.17) is 19.6 Å². The summed E-state index contributed by atoms with van der Waals surface area (Å²) in [7, 11) is 0. The predicted molar refractivity (Wildman–Crippen MR) is 117 cm³/mol. The fraction of sp³-hybridized carbons (Fsp3) is 0.273. The van der Waals surface area contributed by atoms with Gasteiger partial charge in [-0.2, -0.15) is 10.1 Å². The second-order valence-corrected chi connectivity index (χ2v) is 7.12. The molecule has 11 heteroatoms. The lowest BCUT2D eigenvalue weighted by molar-refractivity contribution is -0.137. The number of carbonyl (C=O) groups is 3. The Hall–Kier alpha value is -4.28. The van der Waals surface area contributed by atoms with E-state index in [1.807, 2.05) is 6.07 Å². The number of furan rings is 1. The molecule has 0 radical (unpaired) electrons. The van der Waals surface area contributed by atoms with Gasteiger partial charge in [-0.05, 0) is 26.0 Å². The van der Waals surface area contributed by atoms with Crippen molar-refractivity contribution in [1.29, 1.82) is 0 Å².